The molecule has 1 heterocycles. The number of furan rings is 1. The summed E-state index contributed by atoms with van der Waals surface area (Å²) in [5.41, 5.74) is 0.558. The number of benzene rings is 1. The number of amides is 1. The van der Waals surface area contributed by atoms with Crippen LogP contribution in [0.5, 0.6) is 5.75 Å². The number of Topliss-reactive ketones (excluding diaryl/α,β-unsaturated/α-hetero) is 1. The molecule has 0 aliphatic carbocycles. The van der Waals surface area contributed by atoms with E-state index in [0.29, 0.717) is 11.3 Å². The Morgan fingerprint density at radius 1 is 1.27 bits per heavy atom. The first-order valence-corrected chi connectivity index (χ1v) is 7.02. The topological polar surface area (TPSA) is 59.8 Å². The predicted molar refractivity (Wildman–Crippen MR) is 81.8 cm³/mol. The molecule has 0 saturated carbocycles. The smallest absolute Gasteiger partial charge is 0.260 e. The summed E-state index contributed by atoms with van der Waals surface area (Å²) in [7, 11) is 1.70. The van der Waals surface area contributed by atoms with Crippen LogP contribution in [0.15, 0.2) is 47.1 Å². The zero-order valence-corrected chi connectivity index (χ0v) is 12.9. The van der Waals surface area contributed by atoms with Gasteiger partial charge in [-0.3, -0.25) is 9.59 Å². The van der Waals surface area contributed by atoms with Crippen molar-refractivity contribution in [3.05, 3.63) is 54.0 Å². The number of likely N-dealkylation sites (N-methyl/N-ethyl adjacent to an activating group) is 1. The number of ketones is 1. The highest BCUT2D eigenvalue weighted by molar-refractivity contribution is 5.94. The van der Waals surface area contributed by atoms with E-state index in [0.717, 1.165) is 5.76 Å². The molecule has 1 atom stereocenters. The lowest BCUT2D eigenvalue weighted by Gasteiger charge is -2.23. The lowest BCUT2D eigenvalue weighted by molar-refractivity contribution is -0.134. The van der Waals surface area contributed by atoms with Crippen molar-refractivity contribution in [3.63, 3.8) is 0 Å². The van der Waals surface area contributed by atoms with E-state index in [-0.39, 0.29) is 24.3 Å². The van der Waals surface area contributed by atoms with Crippen molar-refractivity contribution >= 4 is 11.7 Å². The number of ether oxygens (including phenoxy) is 1. The minimum absolute atomic E-state index is 0.0414. The van der Waals surface area contributed by atoms with Crippen LogP contribution < -0.4 is 4.74 Å². The Morgan fingerprint density at radius 3 is 2.68 bits per heavy atom. The van der Waals surface area contributed by atoms with Crippen LogP contribution in [0.2, 0.25) is 0 Å². The Kier molecular flexibility index (Phi) is 4.99. The molecule has 5 heteroatoms. The second-order valence-electron chi connectivity index (χ2n) is 5.07. The number of carbonyl (C=O) groups excluding carboxylic acids is 2. The summed E-state index contributed by atoms with van der Waals surface area (Å²) >= 11 is 0. The van der Waals surface area contributed by atoms with Crippen LogP contribution in [0.3, 0.4) is 0 Å². The molecule has 116 valence electrons. The van der Waals surface area contributed by atoms with Gasteiger partial charge >= 0.3 is 0 Å². The first kappa shape index (κ1) is 15.8. The second kappa shape index (κ2) is 6.93. The van der Waals surface area contributed by atoms with Gasteiger partial charge < -0.3 is 14.1 Å². The van der Waals surface area contributed by atoms with Gasteiger partial charge in [0, 0.05) is 12.6 Å². The highest BCUT2D eigenvalue weighted by Crippen LogP contribution is 2.19. The minimum Gasteiger partial charge on any atom is -0.484 e. The van der Waals surface area contributed by atoms with Crippen molar-refractivity contribution in [3.8, 4) is 5.75 Å². The predicted octanol–water partition coefficient (Wildman–Crippen LogP) is 3.08. The number of hydrogen-bond donors (Lipinski definition) is 0. The molecule has 0 saturated heterocycles. The van der Waals surface area contributed by atoms with Crippen molar-refractivity contribution in [2.75, 3.05) is 13.7 Å². The number of rotatable bonds is 6. The second-order valence-corrected chi connectivity index (χ2v) is 5.07. The molecule has 2 aromatic rings. The summed E-state index contributed by atoms with van der Waals surface area (Å²) in [4.78, 5) is 25.1. The van der Waals surface area contributed by atoms with Gasteiger partial charge in [-0.25, -0.2) is 0 Å². The van der Waals surface area contributed by atoms with Crippen LogP contribution in [-0.2, 0) is 4.79 Å². The van der Waals surface area contributed by atoms with Crippen LogP contribution in [0.25, 0.3) is 0 Å². The molecular weight excluding hydrogens is 282 g/mol. The van der Waals surface area contributed by atoms with Crippen LogP contribution in [-0.4, -0.2) is 30.2 Å². The highest BCUT2D eigenvalue weighted by Gasteiger charge is 2.19. The maximum Gasteiger partial charge on any atom is 0.260 e. The van der Waals surface area contributed by atoms with E-state index in [4.69, 9.17) is 9.15 Å². The van der Waals surface area contributed by atoms with E-state index in [1.165, 1.54) is 6.92 Å². The van der Waals surface area contributed by atoms with E-state index in [9.17, 15) is 9.59 Å². The van der Waals surface area contributed by atoms with Gasteiger partial charge in [0.15, 0.2) is 12.4 Å². The van der Waals surface area contributed by atoms with Crippen molar-refractivity contribution < 1.29 is 18.7 Å². The van der Waals surface area contributed by atoms with Crippen molar-refractivity contribution in [1.29, 1.82) is 0 Å². The summed E-state index contributed by atoms with van der Waals surface area (Å²) in [6.45, 7) is 3.28. The lowest BCUT2D eigenvalue weighted by Crippen LogP contribution is -2.33. The molecular formula is C17H19NO4. The fourth-order valence-corrected chi connectivity index (χ4v) is 1.99. The number of carbonyl (C=O) groups is 2. The van der Waals surface area contributed by atoms with E-state index >= 15 is 0 Å². The van der Waals surface area contributed by atoms with Crippen LogP contribution in [0.4, 0.5) is 0 Å². The minimum atomic E-state index is -0.172. The van der Waals surface area contributed by atoms with Gasteiger partial charge in [0.1, 0.15) is 11.5 Å². The average Bonchev–Trinajstić information content (AvgIpc) is 3.05. The summed E-state index contributed by atoms with van der Waals surface area (Å²) in [5.74, 6) is 1.01. The maximum atomic E-state index is 12.2. The van der Waals surface area contributed by atoms with Crippen molar-refractivity contribution in [2.45, 2.75) is 19.9 Å². The third-order valence-electron chi connectivity index (χ3n) is 3.53. The monoisotopic (exact) mass is 301 g/mol. The van der Waals surface area contributed by atoms with E-state index in [1.807, 2.05) is 13.0 Å². The Labute approximate surface area is 129 Å². The van der Waals surface area contributed by atoms with Gasteiger partial charge in [-0.1, -0.05) is 12.1 Å². The SMILES string of the molecule is CC(=O)c1cccc(OCC(=O)N(C)C(C)c2ccco2)c1. The summed E-state index contributed by atoms with van der Waals surface area (Å²) < 4.78 is 10.8. The molecule has 22 heavy (non-hydrogen) atoms. The number of hydrogen-bond acceptors (Lipinski definition) is 4. The molecule has 0 aliphatic rings. The molecule has 1 amide bonds. The number of nitrogens with zero attached hydrogens (tertiary/aromatic N) is 1. The zero-order valence-electron chi connectivity index (χ0n) is 12.9. The van der Waals surface area contributed by atoms with E-state index in [2.05, 4.69) is 0 Å². The maximum absolute atomic E-state index is 12.2. The summed E-state index contributed by atoms with van der Waals surface area (Å²) in [6.07, 6.45) is 1.58. The Morgan fingerprint density at radius 2 is 2.05 bits per heavy atom. The molecule has 0 fully saturated rings. The third kappa shape index (κ3) is 3.75. The van der Waals surface area contributed by atoms with Gasteiger partial charge in [0.05, 0.1) is 12.3 Å². The molecule has 0 N–H and O–H groups in total. The Balaban J connectivity index is 1.95. The van der Waals surface area contributed by atoms with Crippen LogP contribution in [0, 0.1) is 0 Å². The molecule has 5 nitrogen and oxygen atoms in total. The fraction of sp³-hybridized carbons (Fsp3) is 0.294. The van der Waals surface area contributed by atoms with E-state index < -0.39 is 0 Å². The first-order valence-electron chi connectivity index (χ1n) is 7.02. The quantitative estimate of drug-likeness (QED) is 0.769. The van der Waals surface area contributed by atoms with Crippen LogP contribution >= 0.6 is 0 Å². The molecule has 0 radical (unpaired) electrons. The first-order chi connectivity index (χ1) is 10.5. The third-order valence-corrected chi connectivity index (χ3v) is 3.53. The Hall–Kier alpha value is -2.56. The molecule has 0 bridgehead atoms. The zero-order chi connectivity index (χ0) is 16.1. The molecule has 1 aromatic carbocycles. The van der Waals surface area contributed by atoms with Gasteiger partial charge in [-0.05, 0) is 38.1 Å². The molecule has 1 aromatic heterocycles. The lowest BCUT2D eigenvalue weighted by atomic mass is 10.1. The van der Waals surface area contributed by atoms with Crippen molar-refractivity contribution in [2.24, 2.45) is 0 Å². The molecule has 1 unspecified atom stereocenters. The highest BCUT2D eigenvalue weighted by atomic mass is 16.5. The summed E-state index contributed by atoms with van der Waals surface area (Å²) in [5, 5.41) is 0. The van der Waals surface area contributed by atoms with Gasteiger partial charge in [0.25, 0.3) is 5.91 Å². The van der Waals surface area contributed by atoms with Gasteiger partial charge in [-0.2, -0.15) is 0 Å². The summed E-state index contributed by atoms with van der Waals surface area (Å²) in [6, 6.07) is 10.2. The van der Waals surface area contributed by atoms with E-state index in [1.54, 1.807) is 48.5 Å². The Bertz CT molecular complexity index is 648. The standard InChI is InChI=1S/C17H19NO4/c1-12(16-8-5-9-21-16)18(3)17(20)11-22-15-7-4-6-14(10-15)13(2)19/h4-10,12H,11H2,1-3H3. The van der Waals surface area contributed by atoms with Crippen molar-refractivity contribution in [1.82, 2.24) is 4.90 Å². The fourth-order valence-electron chi connectivity index (χ4n) is 1.99. The normalized spacial score (nSPS) is 11.8. The van der Waals surface area contributed by atoms with Gasteiger partial charge in [0.2, 0.25) is 0 Å². The largest absolute Gasteiger partial charge is 0.484 e. The molecule has 2 rings (SSSR count). The molecule has 0 aliphatic heterocycles. The van der Waals surface area contributed by atoms with Gasteiger partial charge in [-0.15, -0.1) is 0 Å². The molecule has 0 spiro atoms. The average molecular weight is 301 g/mol. The van der Waals surface area contributed by atoms with Crippen LogP contribution in [0.1, 0.15) is 36.0 Å².